The van der Waals surface area contributed by atoms with Crippen molar-refractivity contribution in [1.29, 1.82) is 0 Å². The van der Waals surface area contributed by atoms with Gasteiger partial charge in [0, 0.05) is 23.3 Å². The van der Waals surface area contributed by atoms with Crippen LogP contribution in [0.5, 0.6) is 0 Å². The van der Waals surface area contributed by atoms with Gasteiger partial charge >= 0.3 is 0 Å². The highest BCUT2D eigenvalue weighted by Crippen LogP contribution is 2.32. The van der Waals surface area contributed by atoms with E-state index in [1.54, 1.807) is 0 Å². The van der Waals surface area contributed by atoms with Crippen molar-refractivity contribution in [3.05, 3.63) is 36.0 Å². The molecule has 0 aliphatic carbocycles. The summed E-state index contributed by atoms with van der Waals surface area (Å²) in [5.41, 5.74) is 3.29. The Kier molecular flexibility index (Phi) is 2.92. The third-order valence-corrected chi connectivity index (χ3v) is 3.72. The van der Waals surface area contributed by atoms with E-state index in [9.17, 15) is 5.11 Å². The fraction of sp³-hybridized carbons (Fsp3) is 0.400. The molecule has 1 saturated heterocycles. The van der Waals surface area contributed by atoms with Crippen LogP contribution in [0.2, 0.25) is 0 Å². The molecule has 1 aromatic heterocycles. The number of hydrogen-bond acceptors (Lipinski definition) is 3. The van der Waals surface area contributed by atoms with E-state index in [2.05, 4.69) is 28.1 Å². The predicted molar refractivity (Wildman–Crippen MR) is 73.9 cm³/mol. The molecule has 1 N–H and O–H groups in total. The zero-order valence-corrected chi connectivity index (χ0v) is 10.6. The van der Waals surface area contributed by atoms with Crippen molar-refractivity contribution in [3.8, 4) is 0 Å². The Hall–Kier alpha value is -1.61. The van der Waals surface area contributed by atoms with Gasteiger partial charge in [0.25, 0.3) is 0 Å². The van der Waals surface area contributed by atoms with Gasteiger partial charge in [-0.25, -0.2) is 0 Å². The number of aliphatic hydroxyl groups excluding tert-OH is 1. The van der Waals surface area contributed by atoms with Gasteiger partial charge in [-0.15, -0.1) is 0 Å². The van der Waals surface area contributed by atoms with Gasteiger partial charge in [0.15, 0.2) is 0 Å². The highest BCUT2D eigenvalue weighted by molar-refractivity contribution is 5.92. The van der Waals surface area contributed by atoms with Gasteiger partial charge in [-0.05, 0) is 31.9 Å². The molecule has 3 nitrogen and oxygen atoms in total. The average molecular weight is 242 g/mol. The van der Waals surface area contributed by atoms with E-state index < -0.39 is 0 Å². The molecule has 0 bridgehead atoms. The number of rotatable bonds is 2. The molecule has 3 heteroatoms. The Morgan fingerprint density at radius 2 is 2.22 bits per heavy atom. The molecule has 1 fully saturated rings. The predicted octanol–water partition coefficient (Wildman–Crippen LogP) is 2.50. The minimum absolute atomic E-state index is 0.232. The summed E-state index contributed by atoms with van der Waals surface area (Å²) in [6.07, 6.45) is 2.23. The summed E-state index contributed by atoms with van der Waals surface area (Å²) in [5, 5.41) is 10.7. The molecule has 1 unspecified atom stereocenters. The molecule has 18 heavy (non-hydrogen) atoms. The Morgan fingerprint density at radius 3 is 3.06 bits per heavy atom. The number of anilines is 1. The summed E-state index contributed by atoms with van der Waals surface area (Å²) < 4.78 is 0. The van der Waals surface area contributed by atoms with Gasteiger partial charge in [-0.2, -0.15) is 0 Å². The Balaban J connectivity index is 2.15. The minimum Gasteiger partial charge on any atom is -0.394 e. The third kappa shape index (κ3) is 1.85. The average Bonchev–Trinajstić information content (AvgIpc) is 2.85. The lowest BCUT2D eigenvalue weighted by Gasteiger charge is -2.26. The Labute approximate surface area is 107 Å². The zero-order valence-electron chi connectivity index (χ0n) is 10.6. The van der Waals surface area contributed by atoms with E-state index in [0.717, 1.165) is 30.6 Å². The van der Waals surface area contributed by atoms with Gasteiger partial charge in [0.05, 0.1) is 18.2 Å². The standard InChI is InChI=1S/C15H18N2O/c1-11-9-15(17-8-4-5-12(17)10-18)13-6-2-3-7-14(13)16-11/h2-3,6-7,9,12,18H,4-5,8,10H2,1H3. The second-order valence-corrected chi connectivity index (χ2v) is 4.97. The van der Waals surface area contributed by atoms with Crippen molar-refractivity contribution >= 4 is 16.6 Å². The van der Waals surface area contributed by atoms with Crippen molar-refractivity contribution in [3.63, 3.8) is 0 Å². The molecule has 1 aliphatic heterocycles. The number of fused-ring (bicyclic) bond motifs is 1. The van der Waals surface area contributed by atoms with Crippen LogP contribution in [-0.2, 0) is 0 Å². The van der Waals surface area contributed by atoms with E-state index in [-0.39, 0.29) is 12.6 Å². The molecular weight excluding hydrogens is 224 g/mol. The highest BCUT2D eigenvalue weighted by atomic mass is 16.3. The van der Waals surface area contributed by atoms with Gasteiger partial charge < -0.3 is 10.0 Å². The van der Waals surface area contributed by atoms with Crippen LogP contribution in [0, 0.1) is 6.92 Å². The van der Waals surface area contributed by atoms with E-state index >= 15 is 0 Å². The fourth-order valence-electron chi connectivity index (χ4n) is 2.87. The number of nitrogens with zero attached hydrogens (tertiary/aromatic N) is 2. The molecule has 0 amide bonds. The van der Waals surface area contributed by atoms with Crippen LogP contribution in [0.15, 0.2) is 30.3 Å². The third-order valence-electron chi connectivity index (χ3n) is 3.72. The summed E-state index contributed by atoms with van der Waals surface area (Å²) in [6.45, 7) is 3.29. The van der Waals surface area contributed by atoms with Crippen LogP contribution in [0.1, 0.15) is 18.5 Å². The Morgan fingerprint density at radius 1 is 1.39 bits per heavy atom. The first-order chi connectivity index (χ1) is 8.79. The van der Waals surface area contributed by atoms with Crippen molar-refractivity contribution in [2.75, 3.05) is 18.1 Å². The normalized spacial score (nSPS) is 19.7. The maximum absolute atomic E-state index is 9.48. The summed E-state index contributed by atoms with van der Waals surface area (Å²) in [6, 6.07) is 10.6. The van der Waals surface area contributed by atoms with Crippen LogP contribution < -0.4 is 4.90 Å². The summed E-state index contributed by atoms with van der Waals surface area (Å²) in [5.74, 6) is 0. The van der Waals surface area contributed by atoms with Crippen LogP contribution in [0.25, 0.3) is 10.9 Å². The number of pyridine rings is 1. The van der Waals surface area contributed by atoms with Crippen LogP contribution in [0.4, 0.5) is 5.69 Å². The quantitative estimate of drug-likeness (QED) is 0.879. The molecule has 1 aromatic carbocycles. The highest BCUT2D eigenvalue weighted by Gasteiger charge is 2.25. The van der Waals surface area contributed by atoms with Crippen LogP contribution in [0.3, 0.4) is 0 Å². The SMILES string of the molecule is Cc1cc(N2CCCC2CO)c2ccccc2n1. The molecule has 1 atom stereocenters. The molecule has 0 spiro atoms. The van der Waals surface area contributed by atoms with Gasteiger partial charge in [-0.3, -0.25) is 4.98 Å². The number of aliphatic hydroxyl groups is 1. The molecule has 0 radical (unpaired) electrons. The number of aromatic nitrogens is 1. The van der Waals surface area contributed by atoms with E-state index in [4.69, 9.17) is 0 Å². The maximum Gasteiger partial charge on any atom is 0.0726 e. The van der Waals surface area contributed by atoms with Crippen LogP contribution >= 0.6 is 0 Å². The van der Waals surface area contributed by atoms with Crippen LogP contribution in [-0.4, -0.2) is 29.3 Å². The first-order valence-electron chi connectivity index (χ1n) is 6.53. The molecule has 94 valence electrons. The monoisotopic (exact) mass is 242 g/mol. The fourth-order valence-corrected chi connectivity index (χ4v) is 2.87. The number of hydrogen-bond donors (Lipinski definition) is 1. The minimum atomic E-state index is 0.232. The summed E-state index contributed by atoms with van der Waals surface area (Å²) in [4.78, 5) is 6.90. The number of aryl methyl sites for hydroxylation is 1. The van der Waals surface area contributed by atoms with Crippen molar-refractivity contribution < 1.29 is 5.11 Å². The smallest absolute Gasteiger partial charge is 0.0726 e. The topological polar surface area (TPSA) is 36.4 Å². The molecule has 3 rings (SSSR count). The first kappa shape index (κ1) is 11.5. The van der Waals surface area contributed by atoms with E-state index in [1.165, 1.54) is 11.1 Å². The van der Waals surface area contributed by atoms with Crippen molar-refractivity contribution in [2.24, 2.45) is 0 Å². The van der Waals surface area contributed by atoms with Gasteiger partial charge in [0.1, 0.15) is 0 Å². The van der Waals surface area contributed by atoms with Gasteiger partial charge in [0.2, 0.25) is 0 Å². The van der Waals surface area contributed by atoms with E-state index in [0.29, 0.717) is 0 Å². The van der Waals surface area contributed by atoms with Gasteiger partial charge in [-0.1, -0.05) is 18.2 Å². The lowest BCUT2D eigenvalue weighted by Crippen LogP contribution is -2.32. The van der Waals surface area contributed by atoms with Crippen molar-refractivity contribution in [1.82, 2.24) is 4.98 Å². The molecule has 2 aromatic rings. The molecular formula is C15H18N2O. The van der Waals surface area contributed by atoms with E-state index in [1.807, 2.05) is 19.1 Å². The van der Waals surface area contributed by atoms with Crippen molar-refractivity contribution in [2.45, 2.75) is 25.8 Å². The number of para-hydroxylation sites is 1. The lowest BCUT2D eigenvalue weighted by molar-refractivity contribution is 0.266. The second-order valence-electron chi connectivity index (χ2n) is 4.97. The maximum atomic E-state index is 9.48. The molecule has 1 aliphatic rings. The second kappa shape index (κ2) is 4.58. The first-order valence-corrected chi connectivity index (χ1v) is 6.53. The Bertz CT molecular complexity index is 567. The summed E-state index contributed by atoms with van der Waals surface area (Å²) >= 11 is 0. The number of benzene rings is 1. The molecule has 2 heterocycles. The summed E-state index contributed by atoms with van der Waals surface area (Å²) in [7, 11) is 0. The zero-order chi connectivity index (χ0) is 12.5. The largest absolute Gasteiger partial charge is 0.394 e. The lowest BCUT2D eigenvalue weighted by atomic mass is 10.1. The molecule has 0 saturated carbocycles.